The van der Waals surface area contributed by atoms with Crippen molar-refractivity contribution in [3.63, 3.8) is 0 Å². The predicted octanol–water partition coefficient (Wildman–Crippen LogP) is 9.14. The predicted molar refractivity (Wildman–Crippen MR) is 205 cm³/mol. The summed E-state index contributed by atoms with van der Waals surface area (Å²) in [4.78, 5) is 30.7. The van der Waals surface area contributed by atoms with Crippen LogP contribution in [0.2, 0.25) is 12.1 Å². The van der Waals surface area contributed by atoms with Gasteiger partial charge in [0.25, 0.3) is 11.8 Å². The van der Waals surface area contributed by atoms with Crippen LogP contribution < -0.4 is 0 Å². The van der Waals surface area contributed by atoms with Gasteiger partial charge in [0.1, 0.15) is 0 Å². The molecule has 50 heavy (non-hydrogen) atoms. The Balaban J connectivity index is 2.24. The van der Waals surface area contributed by atoms with Gasteiger partial charge >= 0.3 is 17.6 Å². The average Bonchev–Trinajstić information content (AvgIpc) is 2.97. The monoisotopic (exact) mass is 731 g/mol. The first kappa shape index (κ1) is 42.4. The van der Waals surface area contributed by atoms with Crippen molar-refractivity contribution in [2.24, 2.45) is 0 Å². The van der Waals surface area contributed by atoms with Crippen LogP contribution in [0.1, 0.15) is 142 Å². The van der Waals surface area contributed by atoms with Crippen molar-refractivity contribution in [1.29, 1.82) is 0 Å². The molecule has 11 heteroatoms. The minimum Gasteiger partial charge on any atom is -0.371 e. The summed E-state index contributed by atoms with van der Waals surface area (Å²) in [6.07, 6.45) is 1.78. The van der Waals surface area contributed by atoms with Crippen molar-refractivity contribution in [2.75, 3.05) is 0 Å². The number of hydrogen-bond acceptors (Lipinski definition) is 8. The number of hydrogen-bond donors (Lipinski definition) is 0. The Bertz CT molecular complexity index is 1290. The molecule has 282 valence electrons. The van der Waals surface area contributed by atoms with E-state index >= 15 is 0 Å². The van der Waals surface area contributed by atoms with Crippen LogP contribution in [0.15, 0.2) is 24.3 Å². The third kappa shape index (κ3) is 10.6. The van der Waals surface area contributed by atoms with Crippen LogP contribution in [0.25, 0.3) is 10.8 Å². The Labute approximate surface area is 304 Å². The van der Waals surface area contributed by atoms with E-state index in [1.54, 1.807) is 0 Å². The molecule has 0 saturated carbocycles. The molecule has 0 radical (unpaired) electrons. The van der Waals surface area contributed by atoms with E-state index in [4.69, 9.17) is 26.6 Å². The van der Waals surface area contributed by atoms with Crippen molar-refractivity contribution in [3.05, 3.63) is 46.5 Å². The second-order valence-corrected chi connectivity index (χ2v) is 20.3. The Morgan fingerprint density at radius 2 is 0.820 bits per heavy atom. The largest absolute Gasteiger partial charge is 0.501 e. The van der Waals surface area contributed by atoms with Gasteiger partial charge in [-0.2, -0.15) is 0 Å². The van der Waals surface area contributed by atoms with Crippen molar-refractivity contribution in [1.82, 2.24) is 4.90 Å². The van der Waals surface area contributed by atoms with Gasteiger partial charge < -0.3 is 26.6 Å². The standard InChI is InChI=1S/C39H65NO8Si2/c1-15-34(16-2)40-38(41)36-32(21-23-49(43-25(3)4,44-26(5)6)45-27(7)8)19-17-31-18-20-33(37(35(31)36)39(40)42)22-24-50(46-28(9)10,47-29(11)12)48-30(13)14/h17-20,25-30,34H,15-16,21-24H2,1-14H3. The van der Waals surface area contributed by atoms with Crippen molar-refractivity contribution >= 4 is 40.2 Å². The van der Waals surface area contributed by atoms with Gasteiger partial charge in [-0.05, 0) is 125 Å². The molecule has 2 aromatic carbocycles. The van der Waals surface area contributed by atoms with E-state index in [-0.39, 0.29) is 54.5 Å². The number of amides is 2. The summed E-state index contributed by atoms with van der Waals surface area (Å²) in [5.74, 6) is -0.475. The summed E-state index contributed by atoms with van der Waals surface area (Å²) in [6, 6.07) is 8.89. The van der Waals surface area contributed by atoms with Gasteiger partial charge in [-0.15, -0.1) is 0 Å². The maximum Gasteiger partial charge on any atom is 0.501 e. The van der Waals surface area contributed by atoms with Gasteiger partial charge in [0.15, 0.2) is 0 Å². The van der Waals surface area contributed by atoms with Gasteiger partial charge in [0.2, 0.25) is 0 Å². The lowest BCUT2D eigenvalue weighted by atomic mass is 9.85. The highest BCUT2D eigenvalue weighted by Gasteiger charge is 2.47. The van der Waals surface area contributed by atoms with E-state index in [0.717, 1.165) is 21.9 Å². The number of rotatable bonds is 21. The molecule has 0 fully saturated rings. The molecule has 3 rings (SSSR count). The van der Waals surface area contributed by atoms with Crippen LogP contribution >= 0.6 is 0 Å². The molecular formula is C39H65NO8Si2. The maximum absolute atomic E-state index is 14.6. The Morgan fingerprint density at radius 3 is 1.08 bits per heavy atom. The second kappa shape index (κ2) is 18.2. The molecule has 0 aromatic heterocycles. The Hall–Kier alpha value is -1.97. The molecule has 0 aliphatic carbocycles. The molecule has 1 aliphatic heterocycles. The average molecular weight is 732 g/mol. The first-order valence-corrected chi connectivity index (χ1v) is 22.8. The number of aryl methyl sites for hydroxylation is 2. The molecule has 0 atom stereocenters. The van der Waals surface area contributed by atoms with E-state index in [1.807, 2.05) is 121 Å². The van der Waals surface area contributed by atoms with Gasteiger partial charge in [-0.1, -0.05) is 38.1 Å². The first-order valence-electron chi connectivity index (χ1n) is 18.9. The molecule has 9 nitrogen and oxygen atoms in total. The van der Waals surface area contributed by atoms with E-state index < -0.39 is 17.6 Å². The fraction of sp³-hybridized carbons (Fsp3) is 0.692. The molecule has 0 bridgehead atoms. The van der Waals surface area contributed by atoms with Crippen molar-refractivity contribution in [2.45, 2.75) is 177 Å². The summed E-state index contributed by atoms with van der Waals surface area (Å²) < 4.78 is 39.0. The highest BCUT2D eigenvalue weighted by Crippen LogP contribution is 2.39. The normalized spacial score (nSPS) is 14.5. The zero-order valence-electron chi connectivity index (χ0n) is 33.3. The third-order valence-corrected chi connectivity index (χ3v) is 15.1. The van der Waals surface area contributed by atoms with Crippen LogP contribution in [0.3, 0.4) is 0 Å². The molecule has 0 saturated heterocycles. The van der Waals surface area contributed by atoms with E-state index in [2.05, 4.69) is 0 Å². The van der Waals surface area contributed by atoms with E-state index in [0.29, 0.717) is 48.9 Å². The summed E-state index contributed by atoms with van der Waals surface area (Å²) in [5.41, 5.74) is 2.91. The van der Waals surface area contributed by atoms with E-state index in [1.165, 1.54) is 4.90 Å². The number of carbonyl (C=O) groups excluding carboxylic acids is 2. The smallest absolute Gasteiger partial charge is 0.371 e. The fourth-order valence-corrected chi connectivity index (χ4v) is 13.5. The summed E-state index contributed by atoms with van der Waals surface area (Å²) >= 11 is 0. The molecule has 0 unspecified atom stereocenters. The highest BCUT2D eigenvalue weighted by atomic mass is 28.4. The van der Waals surface area contributed by atoms with Crippen molar-refractivity contribution < 1.29 is 36.1 Å². The zero-order chi connectivity index (χ0) is 37.6. The maximum atomic E-state index is 14.6. The lowest BCUT2D eigenvalue weighted by molar-refractivity contribution is 0.00215. The lowest BCUT2D eigenvalue weighted by Gasteiger charge is -2.37. The van der Waals surface area contributed by atoms with Gasteiger partial charge in [0.05, 0.1) is 11.1 Å². The van der Waals surface area contributed by atoms with Gasteiger partial charge in [-0.25, -0.2) is 0 Å². The van der Waals surface area contributed by atoms with Crippen LogP contribution in [0.4, 0.5) is 0 Å². The topological polar surface area (TPSA) is 92.8 Å². The van der Waals surface area contributed by atoms with Crippen LogP contribution in [0, 0.1) is 0 Å². The lowest BCUT2D eigenvalue weighted by Crippen LogP contribution is -2.51. The summed E-state index contributed by atoms with van der Waals surface area (Å²) in [5, 5.41) is 1.58. The second-order valence-electron chi connectivity index (χ2n) is 15.1. The molecule has 2 aromatic rings. The number of benzene rings is 2. The van der Waals surface area contributed by atoms with Crippen molar-refractivity contribution in [3.8, 4) is 0 Å². The molecule has 1 aliphatic rings. The third-order valence-electron chi connectivity index (χ3n) is 8.42. The Kier molecular flexibility index (Phi) is 15.4. The minimum atomic E-state index is -3.17. The molecular weight excluding hydrogens is 667 g/mol. The SMILES string of the molecule is CCC(CC)N1C(=O)c2c(CC[Si](OC(C)C)(OC(C)C)OC(C)C)ccc3ccc(CC[Si](OC(C)C)(OC(C)C)OC(C)C)c(c23)C1=O. The molecule has 1 heterocycles. The molecule has 0 spiro atoms. The van der Waals surface area contributed by atoms with Gasteiger partial charge in [0, 0.05) is 60.1 Å². The van der Waals surface area contributed by atoms with E-state index in [9.17, 15) is 9.59 Å². The van der Waals surface area contributed by atoms with Crippen LogP contribution in [-0.4, -0.2) is 77.0 Å². The van der Waals surface area contributed by atoms with Gasteiger partial charge in [-0.3, -0.25) is 14.5 Å². The Morgan fingerprint density at radius 1 is 0.520 bits per heavy atom. The number of carbonyl (C=O) groups is 2. The quantitative estimate of drug-likeness (QED) is 0.0928. The summed E-state index contributed by atoms with van der Waals surface area (Å²) in [6.45, 7) is 28.0. The fourth-order valence-electron chi connectivity index (χ4n) is 6.98. The zero-order valence-corrected chi connectivity index (χ0v) is 35.3. The summed E-state index contributed by atoms with van der Waals surface area (Å²) in [7, 11) is -6.34. The molecule has 0 N–H and O–H groups in total. The number of imide groups is 1. The first-order chi connectivity index (χ1) is 23.4. The van der Waals surface area contributed by atoms with Crippen LogP contribution in [0.5, 0.6) is 0 Å². The van der Waals surface area contributed by atoms with Crippen LogP contribution in [-0.2, 0) is 39.4 Å². The minimum absolute atomic E-state index is 0.0948. The molecule has 2 amide bonds. The highest BCUT2D eigenvalue weighted by molar-refractivity contribution is 6.61. The number of nitrogens with zero attached hydrogens (tertiary/aromatic N) is 1.